The van der Waals surface area contributed by atoms with Gasteiger partial charge in [0.1, 0.15) is 18.0 Å². The SMILES string of the molecule is Fc1ccc(-n2cc(-c3ccccc3)c3c(N4CCCCCC4)ncnc32)cc1. The summed E-state index contributed by atoms with van der Waals surface area (Å²) in [6.07, 6.45) is 8.66. The second-order valence-electron chi connectivity index (χ2n) is 7.55. The van der Waals surface area contributed by atoms with Crippen molar-refractivity contribution in [1.82, 2.24) is 14.5 Å². The van der Waals surface area contributed by atoms with E-state index in [-0.39, 0.29) is 5.82 Å². The van der Waals surface area contributed by atoms with E-state index in [9.17, 15) is 4.39 Å². The summed E-state index contributed by atoms with van der Waals surface area (Å²) in [6, 6.07) is 16.9. The van der Waals surface area contributed by atoms with E-state index in [1.165, 1.54) is 37.8 Å². The van der Waals surface area contributed by atoms with E-state index in [4.69, 9.17) is 4.98 Å². The van der Waals surface area contributed by atoms with Gasteiger partial charge in [0.25, 0.3) is 0 Å². The predicted octanol–water partition coefficient (Wildman–Crippen LogP) is 5.61. The lowest BCUT2D eigenvalue weighted by atomic mass is 10.1. The second-order valence-corrected chi connectivity index (χ2v) is 7.55. The first kappa shape index (κ1) is 17.9. The molecule has 0 radical (unpaired) electrons. The zero-order valence-electron chi connectivity index (χ0n) is 16.3. The van der Waals surface area contributed by atoms with E-state index in [0.717, 1.165) is 46.8 Å². The van der Waals surface area contributed by atoms with Gasteiger partial charge >= 0.3 is 0 Å². The van der Waals surface area contributed by atoms with Gasteiger partial charge in [-0.25, -0.2) is 14.4 Å². The van der Waals surface area contributed by atoms with Crippen molar-refractivity contribution in [3.63, 3.8) is 0 Å². The molecule has 0 aliphatic carbocycles. The number of benzene rings is 2. The highest BCUT2D eigenvalue weighted by Gasteiger charge is 2.21. The molecule has 1 aliphatic rings. The van der Waals surface area contributed by atoms with Crippen LogP contribution in [0.4, 0.5) is 10.2 Å². The maximum atomic E-state index is 13.5. The normalized spacial score (nSPS) is 14.9. The van der Waals surface area contributed by atoms with Crippen LogP contribution in [0.3, 0.4) is 0 Å². The Hall–Kier alpha value is -3.21. The lowest BCUT2D eigenvalue weighted by Gasteiger charge is -2.22. The molecule has 1 fully saturated rings. The fourth-order valence-electron chi connectivity index (χ4n) is 4.20. The van der Waals surface area contributed by atoms with Crippen LogP contribution in [0, 0.1) is 5.82 Å². The van der Waals surface area contributed by atoms with Crippen LogP contribution in [0.5, 0.6) is 0 Å². The lowest BCUT2D eigenvalue weighted by molar-refractivity contribution is 0.627. The molecule has 0 unspecified atom stereocenters. The van der Waals surface area contributed by atoms with Gasteiger partial charge in [-0.3, -0.25) is 0 Å². The Morgan fingerprint density at radius 2 is 1.52 bits per heavy atom. The molecule has 29 heavy (non-hydrogen) atoms. The standard InChI is InChI=1S/C24H23FN4/c25-19-10-12-20(13-11-19)29-16-21(18-8-4-3-5-9-18)22-23(26-17-27-24(22)29)28-14-6-1-2-7-15-28/h3-5,8-13,16-17H,1-2,6-7,14-15H2. The Morgan fingerprint density at radius 3 is 2.24 bits per heavy atom. The summed E-state index contributed by atoms with van der Waals surface area (Å²) in [6.45, 7) is 2.03. The second kappa shape index (κ2) is 7.66. The third kappa shape index (κ3) is 3.37. The molecule has 146 valence electrons. The monoisotopic (exact) mass is 386 g/mol. The number of halogens is 1. The molecular weight excluding hydrogens is 363 g/mol. The van der Waals surface area contributed by atoms with Crippen LogP contribution in [-0.4, -0.2) is 27.6 Å². The third-order valence-corrected chi connectivity index (χ3v) is 5.66. The van der Waals surface area contributed by atoms with Gasteiger partial charge in [0.15, 0.2) is 5.65 Å². The van der Waals surface area contributed by atoms with E-state index in [2.05, 4.69) is 28.2 Å². The molecule has 0 saturated carbocycles. The number of rotatable bonds is 3. The maximum Gasteiger partial charge on any atom is 0.150 e. The van der Waals surface area contributed by atoms with Crippen molar-refractivity contribution in [3.05, 3.63) is 72.9 Å². The number of fused-ring (bicyclic) bond motifs is 1. The molecule has 0 spiro atoms. The first-order chi connectivity index (χ1) is 14.3. The number of hydrogen-bond acceptors (Lipinski definition) is 3. The van der Waals surface area contributed by atoms with Crippen LogP contribution in [0.1, 0.15) is 25.7 Å². The molecule has 0 amide bonds. The smallest absolute Gasteiger partial charge is 0.150 e. The average molecular weight is 386 g/mol. The molecule has 0 N–H and O–H groups in total. The van der Waals surface area contributed by atoms with Gasteiger partial charge in [-0.2, -0.15) is 0 Å². The Bertz CT molecular complexity index is 1110. The average Bonchev–Trinajstić information content (AvgIpc) is 2.95. The number of aromatic nitrogens is 3. The fourth-order valence-corrected chi connectivity index (χ4v) is 4.20. The zero-order valence-corrected chi connectivity index (χ0v) is 16.3. The van der Waals surface area contributed by atoms with Crippen molar-refractivity contribution in [3.8, 4) is 16.8 Å². The molecule has 0 atom stereocenters. The van der Waals surface area contributed by atoms with Crippen LogP contribution >= 0.6 is 0 Å². The summed E-state index contributed by atoms with van der Waals surface area (Å²) in [5.74, 6) is 0.755. The van der Waals surface area contributed by atoms with Crippen LogP contribution in [0.15, 0.2) is 67.1 Å². The minimum Gasteiger partial charge on any atom is -0.356 e. The van der Waals surface area contributed by atoms with E-state index >= 15 is 0 Å². The highest BCUT2D eigenvalue weighted by Crippen LogP contribution is 2.37. The van der Waals surface area contributed by atoms with E-state index in [0.29, 0.717) is 0 Å². The van der Waals surface area contributed by atoms with Crippen molar-refractivity contribution >= 4 is 16.9 Å². The maximum absolute atomic E-state index is 13.5. The van der Waals surface area contributed by atoms with Gasteiger partial charge < -0.3 is 9.47 Å². The summed E-state index contributed by atoms with van der Waals surface area (Å²) in [5.41, 5.74) is 3.97. The Labute approximate surface area is 169 Å². The molecule has 2 aromatic carbocycles. The van der Waals surface area contributed by atoms with Gasteiger partial charge in [0.2, 0.25) is 0 Å². The van der Waals surface area contributed by atoms with E-state index in [1.807, 2.05) is 22.8 Å². The largest absolute Gasteiger partial charge is 0.356 e. The summed E-state index contributed by atoms with van der Waals surface area (Å²) in [7, 11) is 0. The molecule has 5 heteroatoms. The topological polar surface area (TPSA) is 34.0 Å². The molecular formula is C24H23FN4. The molecule has 4 nitrogen and oxygen atoms in total. The van der Waals surface area contributed by atoms with Crippen LogP contribution in [-0.2, 0) is 0 Å². The molecule has 1 aliphatic heterocycles. The zero-order chi connectivity index (χ0) is 19.6. The van der Waals surface area contributed by atoms with Crippen molar-refractivity contribution in [1.29, 1.82) is 0 Å². The van der Waals surface area contributed by atoms with Gasteiger partial charge in [0, 0.05) is 30.5 Å². The molecule has 1 saturated heterocycles. The van der Waals surface area contributed by atoms with Gasteiger partial charge in [-0.1, -0.05) is 43.2 Å². The third-order valence-electron chi connectivity index (χ3n) is 5.66. The number of anilines is 1. The van der Waals surface area contributed by atoms with Crippen molar-refractivity contribution in [2.45, 2.75) is 25.7 Å². The molecule has 5 rings (SSSR count). The highest BCUT2D eigenvalue weighted by atomic mass is 19.1. The summed E-state index contributed by atoms with van der Waals surface area (Å²) in [5, 5.41) is 1.06. The van der Waals surface area contributed by atoms with Crippen LogP contribution in [0.2, 0.25) is 0 Å². The van der Waals surface area contributed by atoms with Crippen molar-refractivity contribution in [2.75, 3.05) is 18.0 Å². The summed E-state index contributed by atoms with van der Waals surface area (Å²) < 4.78 is 15.5. The Morgan fingerprint density at radius 1 is 0.793 bits per heavy atom. The first-order valence-corrected chi connectivity index (χ1v) is 10.2. The van der Waals surface area contributed by atoms with Gasteiger partial charge in [0.05, 0.1) is 5.39 Å². The quantitative estimate of drug-likeness (QED) is 0.459. The number of nitrogens with zero attached hydrogens (tertiary/aromatic N) is 4. The Balaban J connectivity index is 1.75. The Kier molecular flexibility index (Phi) is 4.72. The van der Waals surface area contributed by atoms with Crippen molar-refractivity contribution in [2.24, 2.45) is 0 Å². The van der Waals surface area contributed by atoms with Gasteiger partial charge in [-0.15, -0.1) is 0 Å². The van der Waals surface area contributed by atoms with Crippen molar-refractivity contribution < 1.29 is 4.39 Å². The molecule has 0 bridgehead atoms. The highest BCUT2D eigenvalue weighted by molar-refractivity contribution is 6.02. The van der Waals surface area contributed by atoms with Gasteiger partial charge in [-0.05, 0) is 42.7 Å². The summed E-state index contributed by atoms with van der Waals surface area (Å²) in [4.78, 5) is 11.8. The fraction of sp³-hybridized carbons (Fsp3) is 0.250. The molecule has 4 aromatic rings. The minimum atomic E-state index is -0.242. The number of hydrogen-bond donors (Lipinski definition) is 0. The lowest BCUT2D eigenvalue weighted by Crippen LogP contribution is -2.25. The molecule has 2 aromatic heterocycles. The summed E-state index contributed by atoms with van der Waals surface area (Å²) >= 11 is 0. The minimum absolute atomic E-state index is 0.242. The van der Waals surface area contributed by atoms with E-state index in [1.54, 1.807) is 18.5 Å². The van der Waals surface area contributed by atoms with Crippen LogP contribution < -0.4 is 4.90 Å². The van der Waals surface area contributed by atoms with Crippen LogP contribution in [0.25, 0.3) is 27.8 Å². The molecule has 3 heterocycles. The van der Waals surface area contributed by atoms with E-state index < -0.39 is 0 Å². The predicted molar refractivity (Wildman–Crippen MR) is 115 cm³/mol. The first-order valence-electron chi connectivity index (χ1n) is 10.2.